The van der Waals surface area contributed by atoms with E-state index in [-0.39, 0.29) is 85.7 Å². The molecule has 4 N–H and O–H groups in total. The van der Waals surface area contributed by atoms with Gasteiger partial charge in [-0.05, 0) is 62.1 Å². The zero-order valence-electron chi connectivity index (χ0n) is 36.0. The van der Waals surface area contributed by atoms with Crippen LogP contribution in [0.5, 0.6) is 11.5 Å². The Kier molecular flexibility index (Phi) is 17.9. The first kappa shape index (κ1) is 54.1. The number of ether oxygens (including phenoxy) is 3. The molecule has 24 heteroatoms. The van der Waals surface area contributed by atoms with Gasteiger partial charge in [0.1, 0.15) is 22.5 Å². The van der Waals surface area contributed by atoms with Gasteiger partial charge in [0.15, 0.2) is 0 Å². The molecule has 344 valence electrons. The van der Waals surface area contributed by atoms with E-state index < -0.39 is 46.9 Å². The van der Waals surface area contributed by atoms with Crippen LogP contribution in [0.1, 0.15) is 30.9 Å². The fourth-order valence-corrected chi connectivity index (χ4v) is 7.48. The summed E-state index contributed by atoms with van der Waals surface area (Å²) in [7, 11) is 6.27. The van der Waals surface area contributed by atoms with E-state index in [2.05, 4.69) is 9.47 Å². The first-order valence-corrected chi connectivity index (χ1v) is 18.5. The minimum atomic E-state index is -4.84. The number of hydrogen-bond acceptors (Lipinski definition) is 10. The van der Waals surface area contributed by atoms with Crippen LogP contribution in [0, 0.1) is 13.8 Å². The van der Waals surface area contributed by atoms with Gasteiger partial charge in [-0.25, -0.2) is 9.59 Å². The first-order chi connectivity index (χ1) is 28.5. The molecule has 17 nitrogen and oxygen atoms in total. The molecule has 0 saturated carbocycles. The van der Waals surface area contributed by atoms with Gasteiger partial charge in [-0.15, -0.1) is 26.3 Å². The minimum Gasteiger partial charge on any atom is -0.870 e. The zero-order valence-corrected chi connectivity index (χ0v) is 36.0. The Labute approximate surface area is 371 Å². The Hall–Kier alpha value is -5.99. The molecule has 0 bridgehead atoms. The van der Waals surface area contributed by atoms with Crippen molar-refractivity contribution in [1.82, 2.24) is 27.4 Å². The van der Waals surface area contributed by atoms with Crippen molar-refractivity contribution in [2.24, 2.45) is 28.2 Å². The smallest absolute Gasteiger partial charge is 0.870 e. The number of hydrogen-bond donors (Lipinski definition) is 1. The van der Waals surface area contributed by atoms with Crippen LogP contribution in [-0.4, -0.2) is 75.4 Å². The van der Waals surface area contributed by atoms with Gasteiger partial charge in [0.2, 0.25) is 0 Å². The average molecular weight is 907 g/mol. The van der Waals surface area contributed by atoms with E-state index in [0.29, 0.717) is 44.7 Å². The molecule has 2 aromatic carbocycles. The fraction of sp³-hybridized carbons (Fsp3) is 0.375. The maximum atomic E-state index is 13.1. The van der Waals surface area contributed by atoms with Gasteiger partial charge < -0.3 is 39.4 Å². The number of fused-ring (bicyclic) bond motifs is 2. The molecule has 0 aliphatic rings. The number of carbonyl (C=O) groups excluding carboxylic acids is 1. The van der Waals surface area contributed by atoms with Gasteiger partial charge in [0.25, 0.3) is 11.1 Å². The monoisotopic (exact) mass is 906 g/mol. The van der Waals surface area contributed by atoms with Crippen LogP contribution in [0.2, 0.25) is 0 Å². The van der Waals surface area contributed by atoms with Crippen LogP contribution in [0.25, 0.3) is 44.6 Å². The first-order valence-electron chi connectivity index (χ1n) is 18.5. The van der Waals surface area contributed by atoms with Crippen LogP contribution in [0.15, 0.2) is 67.7 Å². The van der Waals surface area contributed by atoms with E-state index in [9.17, 15) is 50.3 Å². The van der Waals surface area contributed by atoms with E-state index in [1.54, 1.807) is 49.2 Å². The molecular formula is C40H45F6LiN6O11. The van der Waals surface area contributed by atoms with Crippen LogP contribution >= 0.6 is 0 Å². The summed E-state index contributed by atoms with van der Waals surface area (Å²) < 4.78 is 96.3. The number of carbonyl (C=O) groups is 1. The van der Waals surface area contributed by atoms with Crippen LogP contribution in [0.4, 0.5) is 26.3 Å². The molecule has 4 heterocycles. The molecule has 4 aromatic heterocycles. The Morgan fingerprint density at radius 3 is 1.36 bits per heavy atom. The summed E-state index contributed by atoms with van der Waals surface area (Å²) in [6.45, 7) is 4.66. The van der Waals surface area contributed by atoms with Crippen molar-refractivity contribution in [3.63, 3.8) is 0 Å². The van der Waals surface area contributed by atoms with Crippen molar-refractivity contribution in [3.05, 3.63) is 101 Å². The third-order valence-corrected chi connectivity index (χ3v) is 9.87. The van der Waals surface area contributed by atoms with Gasteiger partial charge in [0.05, 0.1) is 29.0 Å². The maximum absolute atomic E-state index is 13.1. The number of esters is 1. The molecule has 0 fully saturated rings. The fourth-order valence-electron chi connectivity index (χ4n) is 7.48. The SMILES string of the molecule is CC(=O)OCCCn1c(=O)c2c(c(C)c(-c3cccc(OC(F)(F)F)c3)n2C)n(C)c1=O.Cc1c(-c2cccc(OC(F)(F)F)c2)n(C)c2c(=O)n(CCCO)c(=O)n(C)c12.O.[Li+].[OH-]. The second-order valence-electron chi connectivity index (χ2n) is 14.0. The number of rotatable bonds is 11. The van der Waals surface area contributed by atoms with Gasteiger partial charge in [-0.1, -0.05) is 24.3 Å². The Morgan fingerprint density at radius 1 is 0.641 bits per heavy atom. The van der Waals surface area contributed by atoms with Crippen LogP contribution < -0.4 is 50.8 Å². The molecule has 0 spiro atoms. The molecule has 0 aliphatic heterocycles. The summed E-state index contributed by atoms with van der Waals surface area (Å²) in [5.41, 5.74) is 2.09. The van der Waals surface area contributed by atoms with Gasteiger partial charge in [0, 0.05) is 65.9 Å². The van der Waals surface area contributed by atoms with Crippen LogP contribution in [0.3, 0.4) is 0 Å². The molecule has 0 amide bonds. The minimum absolute atomic E-state index is 0. The third kappa shape index (κ3) is 11.2. The average Bonchev–Trinajstić information content (AvgIpc) is 3.59. The molecule has 6 rings (SSSR count). The third-order valence-electron chi connectivity index (χ3n) is 9.87. The predicted octanol–water partition coefficient (Wildman–Crippen LogP) is 1.16. The van der Waals surface area contributed by atoms with Crippen molar-refractivity contribution in [1.29, 1.82) is 0 Å². The quantitative estimate of drug-likeness (QED) is 0.0846. The van der Waals surface area contributed by atoms with Crippen molar-refractivity contribution in [2.75, 3.05) is 13.2 Å². The topological polar surface area (TPSA) is 224 Å². The predicted molar refractivity (Wildman–Crippen MR) is 217 cm³/mol. The van der Waals surface area contributed by atoms with Gasteiger partial charge >= 0.3 is 48.9 Å². The summed E-state index contributed by atoms with van der Waals surface area (Å²) in [5.74, 6) is -1.23. The normalized spacial score (nSPS) is 11.3. The number of benzene rings is 2. The van der Waals surface area contributed by atoms with Crippen molar-refractivity contribution < 1.29 is 80.3 Å². The van der Waals surface area contributed by atoms with Crippen molar-refractivity contribution in [2.45, 2.75) is 59.4 Å². The molecular weight excluding hydrogens is 861 g/mol. The number of halogens is 6. The molecule has 0 unspecified atom stereocenters. The van der Waals surface area contributed by atoms with E-state index in [1.165, 1.54) is 66.6 Å². The molecule has 6 aromatic rings. The Balaban J connectivity index is 0.000000422. The van der Waals surface area contributed by atoms with Crippen LogP contribution in [-0.2, 0) is 50.8 Å². The van der Waals surface area contributed by atoms with Gasteiger partial charge in [-0.2, -0.15) is 0 Å². The summed E-state index contributed by atoms with van der Waals surface area (Å²) >= 11 is 0. The molecule has 0 atom stereocenters. The largest absolute Gasteiger partial charge is 1.00 e. The second kappa shape index (κ2) is 21.1. The zero-order chi connectivity index (χ0) is 45.3. The number of alkyl halides is 6. The Morgan fingerprint density at radius 2 is 1.02 bits per heavy atom. The number of aromatic nitrogens is 6. The van der Waals surface area contributed by atoms with Crippen molar-refractivity contribution in [3.8, 4) is 34.0 Å². The summed E-state index contributed by atoms with van der Waals surface area (Å²) in [5, 5.41) is 9.03. The maximum Gasteiger partial charge on any atom is 1.00 e. The molecule has 0 aliphatic carbocycles. The summed E-state index contributed by atoms with van der Waals surface area (Å²) in [6, 6.07) is 10.9. The molecule has 64 heavy (non-hydrogen) atoms. The second-order valence-corrected chi connectivity index (χ2v) is 14.0. The van der Waals surface area contributed by atoms with Crippen molar-refractivity contribution >= 4 is 28.0 Å². The van der Waals surface area contributed by atoms with E-state index in [4.69, 9.17) is 9.84 Å². The van der Waals surface area contributed by atoms with E-state index >= 15 is 0 Å². The number of aryl methyl sites for hydroxylation is 6. The van der Waals surface area contributed by atoms with Gasteiger partial charge in [-0.3, -0.25) is 32.7 Å². The summed E-state index contributed by atoms with van der Waals surface area (Å²) in [4.78, 5) is 62.4. The molecule has 0 saturated heterocycles. The Bertz CT molecular complexity index is 2890. The summed E-state index contributed by atoms with van der Waals surface area (Å²) in [6.07, 6.45) is -9.14. The molecule has 0 radical (unpaired) electrons. The van der Waals surface area contributed by atoms with E-state index in [0.717, 1.165) is 9.13 Å². The van der Waals surface area contributed by atoms with E-state index in [1.807, 2.05) is 0 Å². The standard InChI is InChI=1S/C21H22F3N3O5.C19H20F3N3O4.Li.2H2O/c1-12-16(14-7-5-8-15(11-14)32-21(22,23)24)25(3)18-17(12)26(4)20(30)27(19(18)29)9-6-10-31-13(2)28;1-11-14(12-6-4-7-13(10-12)29-19(20,21)22)23(2)16-15(11)24(3)18(28)25(17(16)27)8-5-9-26;;;/h5,7-8,11H,6,9-10H2,1-4H3;4,6-7,10,26H,5,8-9H2,1-3H3;;2*1H2/q;;+1;;/p-1. The number of aliphatic hydroxyl groups is 1. The number of aliphatic hydroxyl groups excluding tert-OH is 1. The number of nitrogens with zero attached hydrogens (tertiary/aromatic N) is 6.